The maximum atomic E-state index is 12.3. The van der Waals surface area contributed by atoms with Crippen LogP contribution in [0.4, 0.5) is 5.69 Å². The number of para-hydroxylation sites is 2. The quantitative estimate of drug-likeness (QED) is 0.389. The van der Waals surface area contributed by atoms with Crippen LogP contribution in [-0.4, -0.2) is 30.0 Å². The Morgan fingerprint density at radius 3 is 2.63 bits per heavy atom. The molecule has 0 radical (unpaired) electrons. The second-order valence-corrected chi connectivity index (χ2v) is 6.25. The van der Waals surface area contributed by atoms with E-state index in [-0.39, 0.29) is 16.3 Å². The van der Waals surface area contributed by atoms with E-state index in [0.29, 0.717) is 11.4 Å². The Labute approximate surface area is 158 Å². The van der Waals surface area contributed by atoms with Crippen LogP contribution in [0, 0.1) is 0 Å². The number of ether oxygens (including phenoxy) is 1. The second-order valence-electron chi connectivity index (χ2n) is 5.29. The van der Waals surface area contributed by atoms with Gasteiger partial charge in [0.25, 0.3) is 5.03 Å². The minimum atomic E-state index is -0.633. The van der Waals surface area contributed by atoms with Crippen molar-refractivity contribution in [3.8, 4) is 11.6 Å². The van der Waals surface area contributed by atoms with Crippen molar-refractivity contribution in [1.29, 1.82) is 0 Å². The van der Waals surface area contributed by atoms with Crippen LogP contribution in [-0.2, 0) is 9.53 Å². The summed E-state index contributed by atoms with van der Waals surface area (Å²) < 4.78 is 10.7. The lowest BCUT2D eigenvalue weighted by Gasteiger charge is -2.08. The zero-order valence-corrected chi connectivity index (χ0v) is 15.1. The van der Waals surface area contributed by atoms with Gasteiger partial charge in [-0.15, -0.1) is 0 Å². The minimum absolute atomic E-state index is 0.0706. The Morgan fingerprint density at radius 1 is 1.19 bits per heavy atom. The second kappa shape index (κ2) is 8.37. The summed E-state index contributed by atoms with van der Waals surface area (Å²) in [7, 11) is 1.26. The average Bonchev–Trinajstić information content (AvgIpc) is 3.07. The van der Waals surface area contributed by atoms with E-state index < -0.39 is 17.8 Å². The highest BCUT2D eigenvalue weighted by molar-refractivity contribution is 7.99. The fraction of sp³-hybridized carbons (Fsp3) is 0.111. The number of thioether (sulfide) groups is 1. The number of hydrogen-bond donors (Lipinski definition) is 1. The molecule has 1 aromatic heterocycles. The highest BCUT2D eigenvalue weighted by Crippen LogP contribution is 2.24. The number of carbonyl (C=O) groups excluding carboxylic acids is 2. The summed E-state index contributed by atoms with van der Waals surface area (Å²) in [6, 6.07) is 15.5. The average molecular weight is 385 g/mol. The van der Waals surface area contributed by atoms with Gasteiger partial charge in [-0.25, -0.2) is 4.79 Å². The van der Waals surface area contributed by atoms with E-state index in [4.69, 9.17) is 9.26 Å². The van der Waals surface area contributed by atoms with Crippen LogP contribution in [0.25, 0.3) is 5.69 Å². The number of nitrogens with one attached hydrogen (secondary N) is 1. The van der Waals surface area contributed by atoms with Gasteiger partial charge in [0.15, 0.2) is 5.95 Å². The van der Waals surface area contributed by atoms with Crippen LogP contribution in [0.5, 0.6) is 5.95 Å². The van der Waals surface area contributed by atoms with Crippen molar-refractivity contribution in [2.24, 2.45) is 0 Å². The topological polar surface area (TPSA) is 108 Å². The number of carbonyl (C=O) groups is 2. The van der Waals surface area contributed by atoms with Gasteiger partial charge in [0.2, 0.25) is 11.6 Å². The summed E-state index contributed by atoms with van der Waals surface area (Å²) in [6.45, 7) is 0. The fourth-order valence-electron chi connectivity index (χ4n) is 2.29. The molecule has 0 aliphatic carbocycles. The van der Waals surface area contributed by atoms with Gasteiger partial charge >= 0.3 is 5.97 Å². The van der Waals surface area contributed by atoms with E-state index in [9.17, 15) is 14.7 Å². The molecule has 0 unspecified atom stereocenters. The molecule has 0 aliphatic rings. The van der Waals surface area contributed by atoms with Gasteiger partial charge in [0.1, 0.15) is 0 Å². The first kappa shape index (κ1) is 18.5. The van der Waals surface area contributed by atoms with Crippen molar-refractivity contribution in [1.82, 2.24) is 5.27 Å². The molecule has 3 rings (SSSR count). The lowest BCUT2D eigenvalue weighted by Crippen LogP contribution is -2.35. The SMILES string of the molecule is COC(=O)c1ccccc1NC(=O)CSc1c([O-])on[n+]1-c1ccccc1. The number of anilines is 1. The molecular weight excluding hydrogens is 370 g/mol. The summed E-state index contributed by atoms with van der Waals surface area (Å²) in [5, 5.41) is 18.4. The zero-order chi connectivity index (χ0) is 19.2. The normalized spacial score (nSPS) is 10.4. The monoisotopic (exact) mass is 385 g/mol. The van der Waals surface area contributed by atoms with Crippen LogP contribution in [0.2, 0.25) is 0 Å². The van der Waals surface area contributed by atoms with Crippen LogP contribution in [0.15, 0.2) is 64.1 Å². The van der Waals surface area contributed by atoms with Gasteiger partial charge in [-0.2, -0.15) is 0 Å². The number of nitrogens with zero attached hydrogens (tertiary/aromatic N) is 2. The van der Waals surface area contributed by atoms with Gasteiger partial charge in [-0.05, 0) is 28.6 Å². The summed E-state index contributed by atoms with van der Waals surface area (Å²) in [4.78, 5) is 24.0. The third-order valence-electron chi connectivity index (χ3n) is 3.52. The number of amides is 1. The molecule has 0 atom stereocenters. The van der Waals surface area contributed by atoms with Crippen LogP contribution in [0.1, 0.15) is 10.4 Å². The van der Waals surface area contributed by atoms with Crippen molar-refractivity contribution < 1.29 is 28.6 Å². The Kier molecular flexibility index (Phi) is 5.72. The van der Waals surface area contributed by atoms with Crippen LogP contribution < -0.4 is 15.1 Å². The van der Waals surface area contributed by atoms with Gasteiger partial charge in [0.05, 0.1) is 29.4 Å². The maximum Gasteiger partial charge on any atom is 0.339 e. The van der Waals surface area contributed by atoms with Gasteiger partial charge in [-0.1, -0.05) is 30.3 Å². The molecule has 8 nitrogen and oxygen atoms in total. The van der Waals surface area contributed by atoms with Gasteiger partial charge in [0, 0.05) is 12.1 Å². The first-order valence-electron chi connectivity index (χ1n) is 7.84. The Hall–Kier alpha value is -3.33. The third-order valence-corrected chi connectivity index (χ3v) is 4.54. The molecule has 0 spiro atoms. The summed E-state index contributed by atoms with van der Waals surface area (Å²) >= 11 is 0.989. The van der Waals surface area contributed by atoms with Crippen molar-refractivity contribution >= 4 is 29.3 Å². The Morgan fingerprint density at radius 2 is 1.89 bits per heavy atom. The zero-order valence-electron chi connectivity index (χ0n) is 14.2. The molecule has 1 amide bonds. The Balaban J connectivity index is 1.71. The molecule has 3 aromatic rings. The Bertz CT molecular complexity index is 959. The molecule has 9 heteroatoms. The van der Waals surface area contributed by atoms with Crippen molar-refractivity contribution in [3.63, 3.8) is 0 Å². The number of methoxy groups -OCH3 is 1. The number of aromatic nitrogens is 2. The van der Waals surface area contributed by atoms with Crippen molar-refractivity contribution in [2.75, 3.05) is 18.2 Å². The van der Waals surface area contributed by atoms with E-state index in [2.05, 4.69) is 10.6 Å². The fourth-order valence-corrected chi connectivity index (χ4v) is 3.05. The predicted molar refractivity (Wildman–Crippen MR) is 94.6 cm³/mol. The number of benzene rings is 2. The molecule has 0 bridgehead atoms. The van der Waals surface area contributed by atoms with E-state index in [1.54, 1.807) is 48.5 Å². The van der Waals surface area contributed by atoms with E-state index in [0.717, 1.165) is 11.8 Å². The molecular formula is C18H15N3O5S. The number of hydrogen-bond acceptors (Lipinski definition) is 7. The van der Waals surface area contributed by atoms with Gasteiger partial charge in [-0.3, -0.25) is 4.79 Å². The molecule has 2 aromatic carbocycles. The molecule has 27 heavy (non-hydrogen) atoms. The molecule has 0 saturated heterocycles. The predicted octanol–water partition coefficient (Wildman–Crippen LogP) is 1.54. The molecule has 0 fully saturated rings. The van der Waals surface area contributed by atoms with E-state index >= 15 is 0 Å². The molecule has 0 saturated carbocycles. The van der Waals surface area contributed by atoms with Crippen LogP contribution >= 0.6 is 11.8 Å². The first-order chi connectivity index (χ1) is 13.1. The van der Waals surface area contributed by atoms with E-state index in [1.807, 2.05) is 6.07 Å². The standard InChI is InChI=1S/C18H15N3O5S/c1-25-17(23)13-9-5-6-10-14(13)19-15(22)11-27-16-18(24)26-20-21(16)12-7-3-2-4-8-12/h2-10H,11H2,1H3,(H-,19,20,22,23,24). The highest BCUT2D eigenvalue weighted by Gasteiger charge is 2.22. The third kappa shape index (κ3) is 4.26. The molecule has 1 heterocycles. The van der Waals surface area contributed by atoms with Crippen molar-refractivity contribution in [2.45, 2.75) is 5.03 Å². The number of rotatable bonds is 6. The summed E-state index contributed by atoms with van der Waals surface area (Å²) in [5.41, 5.74) is 1.22. The maximum absolute atomic E-state index is 12.3. The number of esters is 1. The van der Waals surface area contributed by atoms with Crippen LogP contribution in [0.3, 0.4) is 0 Å². The molecule has 0 aliphatic heterocycles. The van der Waals surface area contributed by atoms with E-state index in [1.165, 1.54) is 11.8 Å². The largest absolute Gasteiger partial charge is 0.538 e. The lowest BCUT2D eigenvalue weighted by molar-refractivity contribution is -0.705. The molecule has 1 N–H and O–H groups in total. The van der Waals surface area contributed by atoms with Gasteiger partial charge < -0.3 is 19.7 Å². The first-order valence-corrected chi connectivity index (χ1v) is 8.83. The summed E-state index contributed by atoms with van der Waals surface area (Å²) in [6.07, 6.45) is 0. The molecule has 138 valence electrons. The van der Waals surface area contributed by atoms with Crippen molar-refractivity contribution in [3.05, 3.63) is 60.2 Å². The lowest BCUT2D eigenvalue weighted by atomic mass is 10.2. The summed E-state index contributed by atoms with van der Waals surface area (Å²) in [5.74, 6) is -1.65. The minimum Gasteiger partial charge on any atom is -0.538 e. The smallest absolute Gasteiger partial charge is 0.339 e. The highest BCUT2D eigenvalue weighted by atomic mass is 32.2.